The lowest BCUT2D eigenvalue weighted by Gasteiger charge is -2.11. The Kier molecular flexibility index (Phi) is 7.69. The molecule has 0 aliphatic rings. The van der Waals surface area contributed by atoms with Gasteiger partial charge in [0, 0.05) is 38.7 Å². The minimum Gasteiger partial charge on any atom is -0.397 e. The number of nitrogens with zero attached hydrogens (tertiary/aromatic N) is 1. The number of allylic oxidation sites excluding steroid dienone is 1. The van der Waals surface area contributed by atoms with Gasteiger partial charge >= 0.3 is 0 Å². The van der Waals surface area contributed by atoms with E-state index in [4.69, 9.17) is 10.7 Å². The van der Waals surface area contributed by atoms with Crippen LogP contribution in [0.1, 0.15) is 24.9 Å². The van der Waals surface area contributed by atoms with Crippen LogP contribution in [0.25, 0.3) is 49.4 Å². The first-order valence-electron chi connectivity index (χ1n) is 14.2. The minimum absolute atomic E-state index is 0.138. The number of anilines is 2. The van der Waals surface area contributed by atoms with Crippen molar-refractivity contribution in [3.63, 3.8) is 0 Å². The average molecular weight is 644 g/mol. The molecule has 3 heterocycles. The molecule has 1 amide bonds. The van der Waals surface area contributed by atoms with Crippen molar-refractivity contribution < 1.29 is 18.4 Å². The molecular formula is C37H23F2N3O2S2. The number of nitrogen functional groups attached to an aromatic ring is 1. The molecule has 7 rings (SSSR count). The Balaban J connectivity index is 1.26. The number of amides is 1. The van der Waals surface area contributed by atoms with Gasteiger partial charge in [0.2, 0.25) is 0 Å². The van der Waals surface area contributed by atoms with E-state index in [1.54, 1.807) is 36.4 Å². The number of carbonyl (C=O) groups excluding carboxylic acids is 2. The second kappa shape index (κ2) is 12.1. The topological polar surface area (TPSA) is 85.1 Å². The van der Waals surface area contributed by atoms with Gasteiger partial charge in [-0.1, -0.05) is 48.5 Å². The fourth-order valence-corrected chi connectivity index (χ4v) is 6.98. The summed E-state index contributed by atoms with van der Waals surface area (Å²) in [7, 11) is 0. The van der Waals surface area contributed by atoms with Crippen molar-refractivity contribution in [1.82, 2.24) is 4.98 Å². The van der Waals surface area contributed by atoms with Crippen LogP contribution in [0.5, 0.6) is 0 Å². The van der Waals surface area contributed by atoms with Crippen LogP contribution < -0.4 is 11.1 Å². The summed E-state index contributed by atoms with van der Waals surface area (Å²) in [4.78, 5) is 32.6. The molecule has 0 bridgehead atoms. The summed E-state index contributed by atoms with van der Waals surface area (Å²) in [5.41, 5.74) is 9.59. The van der Waals surface area contributed by atoms with Crippen molar-refractivity contribution in [2.75, 3.05) is 11.1 Å². The van der Waals surface area contributed by atoms with Crippen LogP contribution in [0.2, 0.25) is 0 Å². The average Bonchev–Trinajstić information content (AvgIpc) is 3.71. The minimum atomic E-state index is -0.757. The molecule has 9 heteroatoms. The van der Waals surface area contributed by atoms with Crippen molar-refractivity contribution in [3.8, 4) is 22.4 Å². The quantitative estimate of drug-likeness (QED) is 0.134. The highest BCUT2D eigenvalue weighted by atomic mass is 32.1. The molecule has 3 N–H and O–H groups in total. The molecule has 0 unspecified atom stereocenters. The summed E-state index contributed by atoms with van der Waals surface area (Å²) >= 11 is 2.63. The number of carbonyl (C=O) groups is 2. The van der Waals surface area contributed by atoms with E-state index in [1.165, 1.54) is 29.5 Å². The van der Waals surface area contributed by atoms with Crippen molar-refractivity contribution >= 4 is 72.8 Å². The van der Waals surface area contributed by atoms with Gasteiger partial charge in [-0.3, -0.25) is 9.59 Å². The number of thiophene rings is 2. The maximum atomic E-state index is 15.2. The number of nitrogens with one attached hydrogen (secondary N) is 1. The predicted octanol–water partition coefficient (Wildman–Crippen LogP) is 9.85. The summed E-state index contributed by atoms with van der Waals surface area (Å²) in [6.45, 7) is 0. The van der Waals surface area contributed by atoms with Gasteiger partial charge in [-0.25, -0.2) is 13.8 Å². The Morgan fingerprint density at radius 2 is 1.63 bits per heavy atom. The zero-order valence-electron chi connectivity index (χ0n) is 24.0. The predicted molar refractivity (Wildman–Crippen MR) is 184 cm³/mol. The van der Waals surface area contributed by atoms with Crippen LogP contribution in [0.15, 0.2) is 115 Å². The maximum Gasteiger partial charge on any atom is 0.267 e. The number of halogens is 2. The van der Waals surface area contributed by atoms with E-state index in [9.17, 15) is 14.0 Å². The van der Waals surface area contributed by atoms with E-state index in [0.29, 0.717) is 32.7 Å². The molecule has 0 atom stereocenters. The lowest BCUT2D eigenvalue weighted by atomic mass is 9.96. The number of benzene rings is 4. The molecular weight excluding hydrogens is 621 g/mol. The Morgan fingerprint density at radius 3 is 2.41 bits per heavy atom. The molecule has 7 aromatic rings. The first kappa shape index (κ1) is 29.2. The van der Waals surface area contributed by atoms with Crippen LogP contribution in [-0.4, -0.2) is 16.7 Å². The zero-order chi connectivity index (χ0) is 31.8. The van der Waals surface area contributed by atoms with E-state index < -0.39 is 17.5 Å². The molecule has 46 heavy (non-hydrogen) atoms. The van der Waals surface area contributed by atoms with Gasteiger partial charge in [0.1, 0.15) is 21.3 Å². The molecule has 4 aromatic carbocycles. The third-order valence-corrected chi connectivity index (χ3v) is 9.50. The normalized spacial score (nSPS) is 11.4. The second-order valence-electron chi connectivity index (χ2n) is 10.5. The number of nitrogens with two attached hydrogens (primary N) is 1. The summed E-state index contributed by atoms with van der Waals surface area (Å²) in [6.07, 6.45) is 3.27. The molecule has 224 valence electrons. The van der Waals surface area contributed by atoms with E-state index >= 15 is 4.39 Å². The molecule has 3 aromatic heterocycles. The molecule has 0 spiro atoms. The second-order valence-corrected chi connectivity index (χ2v) is 12.5. The largest absolute Gasteiger partial charge is 0.397 e. The summed E-state index contributed by atoms with van der Waals surface area (Å²) in [5, 5.41) is 7.14. The standard InChI is InChI=1S/C37H23F2N3O2S2/c38-23-12-16-27(30(39)19-23)29-20-31(28-9-3-6-21-5-1-2-8-26(21)28)42-37-33(29)34(40)35(46-37)36(44)41-24-13-10-22(11-14-24)32(43)17-15-25-7-4-18-45-25/h1-20H,40H2,(H,41,44). The lowest BCUT2D eigenvalue weighted by Crippen LogP contribution is -2.12. The molecule has 0 fully saturated rings. The summed E-state index contributed by atoms with van der Waals surface area (Å²) in [6, 6.07) is 29.2. The van der Waals surface area contributed by atoms with E-state index in [2.05, 4.69) is 5.32 Å². The van der Waals surface area contributed by atoms with Crippen molar-refractivity contribution in [3.05, 3.63) is 142 Å². The summed E-state index contributed by atoms with van der Waals surface area (Å²) < 4.78 is 29.1. The van der Waals surface area contributed by atoms with Crippen LogP contribution in [0.4, 0.5) is 20.2 Å². The van der Waals surface area contributed by atoms with E-state index in [-0.39, 0.29) is 21.9 Å². The molecule has 5 nitrogen and oxygen atoms in total. The Labute approximate surface area is 270 Å². The molecule has 0 saturated carbocycles. The van der Waals surface area contributed by atoms with E-state index in [1.807, 2.05) is 60.0 Å². The van der Waals surface area contributed by atoms with Gasteiger partial charge in [-0.2, -0.15) is 0 Å². The highest BCUT2D eigenvalue weighted by Gasteiger charge is 2.23. The van der Waals surface area contributed by atoms with Crippen LogP contribution in [0, 0.1) is 11.6 Å². The van der Waals surface area contributed by atoms with Gasteiger partial charge in [0.05, 0.1) is 11.4 Å². The lowest BCUT2D eigenvalue weighted by molar-refractivity contribution is 0.102. The van der Waals surface area contributed by atoms with Gasteiger partial charge in [-0.15, -0.1) is 22.7 Å². The summed E-state index contributed by atoms with van der Waals surface area (Å²) in [5.74, 6) is -2.10. The highest BCUT2D eigenvalue weighted by Crippen LogP contribution is 2.43. The number of rotatable bonds is 7. The van der Waals surface area contributed by atoms with E-state index in [0.717, 1.165) is 38.6 Å². The first-order valence-corrected chi connectivity index (χ1v) is 15.9. The number of ketones is 1. The number of fused-ring (bicyclic) bond motifs is 2. The number of hydrogen-bond acceptors (Lipinski definition) is 6. The zero-order valence-corrected chi connectivity index (χ0v) is 25.6. The smallest absolute Gasteiger partial charge is 0.267 e. The molecule has 0 aliphatic heterocycles. The molecule has 0 saturated heterocycles. The van der Waals surface area contributed by atoms with Gasteiger partial charge < -0.3 is 11.1 Å². The molecule has 0 aliphatic carbocycles. The SMILES string of the molecule is Nc1c(C(=O)Nc2ccc(C(=O)C=Cc3cccs3)cc2)sc2nc(-c3cccc4ccccc34)cc(-c3ccc(F)cc3F)c12. The van der Waals surface area contributed by atoms with Crippen molar-refractivity contribution in [2.24, 2.45) is 0 Å². The fourth-order valence-electron chi connectivity index (χ4n) is 5.34. The first-order chi connectivity index (χ1) is 22.4. The Hall–Kier alpha value is -5.51. The maximum absolute atomic E-state index is 15.2. The van der Waals surface area contributed by atoms with Gasteiger partial charge in [-0.05, 0) is 82.4 Å². The highest BCUT2D eigenvalue weighted by molar-refractivity contribution is 7.21. The third-order valence-electron chi connectivity index (χ3n) is 7.56. The number of hydrogen-bond donors (Lipinski definition) is 2. The Morgan fingerprint density at radius 1 is 0.826 bits per heavy atom. The third kappa shape index (κ3) is 5.58. The number of pyridine rings is 1. The van der Waals surface area contributed by atoms with Gasteiger partial charge in [0.25, 0.3) is 5.91 Å². The van der Waals surface area contributed by atoms with Crippen LogP contribution in [0.3, 0.4) is 0 Å². The van der Waals surface area contributed by atoms with Crippen molar-refractivity contribution in [2.45, 2.75) is 0 Å². The van der Waals surface area contributed by atoms with Gasteiger partial charge in [0.15, 0.2) is 5.78 Å². The van der Waals surface area contributed by atoms with Crippen molar-refractivity contribution in [1.29, 1.82) is 0 Å². The number of aromatic nitrogens is 1. The van der Waals surface area contributed by atoms with Crippen LogP contribution >= 0.6 is 22.7 Å². The fraction of sp³-hybridized carbons (Fsp3) is 0. The van der Waals surface area contributed by atoms with Crippen LogP contribution in [-0.2, 0) is 0 Å². The molecule has 0 radical (unpaired) electrons. The monoisotopic (exact) mass is 643 g/mol. The Bertz CT molecular complexity index is 2310.